The van der Waals surface area contributed by atoms with Gasteiger partial charge < -0.3 is 20.1 Å². The molecule has 0 aliphatic rings. The molecule has 0 aromatic heterocycles. The number of ether oxygens (including phenoxy) is 2. The first-order valence-corrected chi connectivity index (χ1v) is 9.01. The van der Waals surface area contributed by atoms with Gasteiger partial charge in [0.15, 0.2) is 0 Å². The van der Waals surface area contributed by atoms with E-state index >= 15 is 0 Å². The van der Waals surface area contributed by atoms with E-state index in [0.717, 1.165) is 0 Å². The SMILES string of the molecule is CC(C)(C)OC(=O)NC(CCCNC(=O)CBr)C(=O)OC(C)(C)C. The molecule has 7 nitrogen and oxygen atoms in total. The van der Waals surface area contributed by atoms with Crippen molar-refractivity contribution in [1.82, 2.24) is 10.6 Å². The molecule has 0 rings (SSSR count). The molecule has 0 aromatic rings. The summed E-state index contributed by atoms with van der Waals surface area (Å²) in [6, 6.07) is -0.833. The van der Waals surface area contributed by atoms with Crippen molar-refractivity contribution in [3.63, 3.8) is 0 Å². The molecular weight excluding hydrogens is 380 g/mol. The minimum atomic E-state index is -0.833. The summed E-state index contributed by atoms with van der Waals surface area (Å²) >= 11 is 3.05. The van der Waals surface area contributed by atoms with Gasteiger partial charge in [0.05, 0.1) is 5.33 Å². The lowest BCUT2D eigenvalue weighted by molar-refractivity contribution is -0.157. The fraction of sp³-hybridized carbons (Fsp3) is 0.812. The first-order valence-electron chi connectivity index (χ1n) is 7.89. The second-order valence-electron chi connectivity index (χ2n) is 7.36. The van der Waals surface area contributed by atoms with Crippen LogP contribution in [0.4, 0.5) is 4.79 Å². The van der Waals surface area contributed by atoms with Crippen molar-refractivity contribution >= 4 is 33.9 Å². The van der Waals surface area contributed by atoms with Crippen LogP contribution in [-0.4, -0.2) is 47.1 Å². The summed E-state index contributed by atoms with van der Waals surface area (Å²) in [4.78, 5) is 35.3. The summed E-state index contributed by atoms with van der Waals surface area (Å²) in [5, 5.41) is 5.45. The number of halogens is 1. The second-order valence-corrected chi connectivity index (χ2v) is 7.92. The van der Waals surface area contributed by atoms with Crippen LogP contribution in [0.1, 0.15) is 54.4 Å². The van der Waals surface area contributed by atoms with Crippen molar-refractivity contribution in [2.75, 3.05) is 11.9 Å². The Balaban J connectivity index is 4.68. The van der Waals surface area contributed by atoms with E-state index in [2.05, 4.69) is 26.6 Å². The Morgan fingerprint density at radius 3 is 2.00 bits per heavy atom. The van der Waals surface area contributed by atoms with Crippen molar-refractivity contribution < 1.29 is 23.9 Å². The zero-order valence-electron chi connectivity index (χ0n) is 15.3. The molecular formula is C16H29BrN2O5. The van der Waals surface area contributed by atoms with Gasteiger partial charge in [-0.25, -0.2) is 9.59 Å². The summed E-state index contributed by atoms with van der Waals surface area (Å²) in [7, 11) is 0. The van der Waals surface area contributed by atoms with Gasteiger partial charge in [0.2, 0.25) is 5.91 Å². The molecule has 0 spiro atoms. The van der Waals surface area contributed by atoms with Gasteiger partial charge in [-0.15, -0.1) is 0 Å². The third-order valence-corrected chi connectivity index (χ3v) is 3.00. The van der Waals surface area contributed by atoms with E-state index in [1.807, 2.05) is 0 Å². The molecule has 0 aromatic carbocycles. The molecule has 8 heteroatoms. The lowest BCUT2D eigenvalue weighted by Gasteiger charge is -2.26. The molecule has 1 unspecified atom stereocenters. The van der Waals surface area contributed by atoms with Gasteiger partial charge >= 0.3 is 12.1 Å². The van der Waals surface area contributed by atoms with Crippen LogP contribution in [0.2, 0.25) is 0 Å². The molecule has 0 saturated heterocycles. The Hall–Kier alpha value is -1.31. The topological polar surface area (TPSA) is 93.7 Å². The molecule has 140 valence electrons. The highest BCUT2D eigenvalue weighted by Gasteiger charge is 2.28. The summed E-state index contributed by atoms with van der Waals surface area (Å²) in [5.74, 6) is -0.663. The molecule has 0 saturated carbocycles. The molecule has 0 aliphatic heterocycles. The lowest BCUT2D eigenvalue weighted by Crippen LogP contribution is -2.46. The highest BCUT2D eigenvalue weighted by molar-refractivity contribution is 9.09. The highest BCUT2D eigenvalue weighted by Crippen LogP contribution is 2.12. The minimum Gasteiger partial charge on any atom is -0.458 e. The Bertz CT molecular complexity index is 441. The fourth-order valence-electron chi connectivity index (χ4n) is 1.65. The quantitative estimate of drug-likeness (QED) is 0.383. The van der Waals surface area contributed by atoms with Crippen LogP contribution in [0.3, 0.4) is 0 Å². The van der Waals surface area contributed by atoms with Gasteiger partial charge in [-0.05, 0) is 54.4 Å². The second kappa shape index (κ2) is 9.86. The Morgan fingerprint density at radius 2 is 1.54 bits per heavy atom. The molecule has 0 heterocycles. The number of rotatable bonds is 7. The van der Waals surface area contributed by atoms with Crippen molar-refractivity contribution in [3.8, 4) is 0 Å². The number of amides is 2. The van der Waals surface area contributed by atoms with Crippen molar-refractivity contribution in [2.45, 2.75) is 71.6 Å². The number of hydrogen-bond donors (Lipinski definition) is 2. The number of alkyl carbamates (subject to hydrolysis) is 1. The monoisotopic (exact) mass is 408 g/mol. The van der Waals surface area contributed by atoms with E-state index in [-0.39, 0.29) is 11.2 Å². The molecule has 0 radical (unpaired) electrons. The zero-order valence-corrected chi connectivity index (χ0v) is 16.9. The fourth-order valence-corrected chi connectivity index (χ4v) is 1.85. The van der Waals surface area contributed by atoms with Crippen LogP contribution in [0.5, 0.6) is 0 Å². The van der Waals surface area contributed by atoms with Gasteiger partial charge in [0.25, 0.3) is 0 Å². The first-order chi connectivity index (χ1) is 10.8. The van der Waals surface area contributed by atoms with Crippen LogP contribution in [0.15, 0.2) is 0 Å². The number of carbonyl (C=O) groups is 3. The molecule has 0 bridgehead atoms. The Kier molecular flexibility index (Phi) is 9.32. The third-order valence-electron chi connectivity index (χ3n) is 2.50. The summed E-state index contributed by atoms with van der Waals surface area (Å²) < 4.78 is 10.5. The highest BCUT2D eigenvalue weighted by atomic mass is 79.9. The normalized spacial score (nSPS) is 13.0. The van der Waals surface area contributed by atoms with Crippen molar-refractivity contribution in [2.24, 2.45) is 0 Å². The molecule has 0 fully saturated rings. The number of esters is 1. The zero-order chi connectivity index (χ0) is 19.0. The van der Waals surface area contributed by atoms with Crippen LogP contribution in [0, 0.1) is 0 Å². The third kappa shape index (κ3) is 12.2. The largest absolute Gasteiger partial charge is 0.458 e. The predicted molar refractivity (Wildman–Crippen MR) is 95.0 cm³/mol. The lowest BCUT2D eigenvalue weighted by atomic mass is 10.1. The van der Waals surface area contributed by atoms with E-state index in [4.69, 9.17) is 9.47 Å². The van der Waals surface area contributed by atoms with E-state index in [0.29, 0.717) is 19.4 Å². The maximum Gasteiger partial charge on any atom is 0.408 e. The number of carbonyl (C=O) groups excluding carboxylic acids is 3. The van der Waals surface area contributed by atoms with Crippen LogP contribution >= 0.6 is 15.9 Å². The molecule has 0 aliphatic carbocycles. The Morgan fingerprint density at radius 1 is 1.00 bits per heavy atom. The predicted octanol–water partition coefficient (Wildman–Crippen LogP) is 2.51. The number of alkyl halides is 1. The van der Waals surface area contributed by atoms with Crippen LogP contribution in [0.25, 0.3) is 0 Å². The van der Waals surface area contributed by atoms with Gasteiger partial charge in [0, 0.05) is 6.54 Å². The maximum atomic E-state index is 12.3. The van der Waals surface area contributed by atoms with E-state index < -0.39 is 29.3 Å². The molecule has 24 heavy (non-hydrogen) atoms. The number of nitrogens with one attached hydrogen (secondary N) is 2. The summed E-state index contributed by atoms with van der Waals surface area (Å²) in [6.45, 7) is 10.9. The van der Waals surface area contributed by atoms with E-state index in [1.165, 1.54) is 0 Å². The smallest absolute Gasteiger partial charge is 0.408 e. The van der Waals surface area contributed by atoms with Crippen molar-refractivity contribution in [3.05, 3.63) is 0 Å². The van der Waals surface area contributed by atoms with Crippen LogP contribution < -0.4 is 10.6 Å². The summed E-state index contributed by atoms with van der Waals surface area (Å²) in [6.07, 6.45) is 0.165. The van der Waals surface area contributed by atoms with Gasteiger partial charge in [-0.3, -0.25) is 4.79 Å². The average molecular weight is 409 g/mol. The molecule has 2 amide bonds. The maximum absolute atomic E-state index is 12.3. The molecule has 2 N–H and O–H groups in total. The standard InChI is InChI=1S/C16H29BrN2O5/c1-15(2,3)23-13(21)11(8-7-9-18-12(20)10-17)19-14(22)24-16(4,5)6/h11H,7-10H2,1-6H3,(H,18,20)(H,19,22). The van der Waals surface area contributed by atoms with Gasteiger partial charge in [0.1, 0.15) is 17.2 Å². The van der Waals surface area contributed by atoms with Gasteiger partial charge in [-0.1, -0.05) is 15.9 Å². The van der Waals surface area contributed by atoms with Gasteiger partial charge in [-0.2, -0.15) is 0 Å². The van der Waals surface area contributed by atoms with E-state index in [1.54, 1.807) is 41.5 Å². The number of hydrogen-bond acceptors (Lipinski definition) is 5. The minimum absolute atomic E-state index is 0.135. The summed E-state index contributed by atoms with van der Waals surface area (Å²) in [5.41, 5.74) is -1.32. The Labute approximate surface area is 152 Å². The van der Waals surface area contributed by atoms with E-state index in [9.17, 15) is 14.4 Å². The average Bonchev–Trinajstić information content (AvgIpc) is 2.37. The van der Waals surface area contributed by atoms with Crippen LogP contribution in [-0.2, 0) is 19.1 Å². The molecule has 1 atom stereocenters. The first kappa shape index (κ1) is 22.7. The van der Waals surface area contributed by atoms with Crippen molar-refractivity contribution in [1.29, 1.82) is 0 Å².